The lowest BCUT2D eigenvalue weighted by Gasteiger charge is -2.10. The molecule has 0 atom stereocenters. The first-order valence-electron chi connectivity index (χ1n) is 8.68. The van der Waals surface area contributed by atoms with Gasteiger partial charge in [0.15, 0.2) is 3.95 Å². The minimum atomic E-state index is -0.312. The summed E-state index contributed by atoms with van der Waals surface area (Å²) in [6.07, 6.45) is 0. The number of hydrogen-bond acceptors (Lipinski definition) is 8. The molecule has 0 aliphatic heterocycles. The number of nitriles is 1. The van der Waals surface area contributed by atoms with Crippen LogP contribution in [0.15, 0.2) is 70.3 Å². The summed E-state index contributed by atoms with van der Waals surface area (Å²) >= 11 is 7.66. The van der Waals surface area contributed by atoms with E-state index < -0.39 is 0 Å². The molecule has 148 valence electrons. The van der Waals surface area contributed by atoms with E-state index in [0.29, 0.717) is 20.5 Å². The Balaban J connectivity index is 1.48. The Morgan fingerprint density at radius 1 is 1.17 bits per heavy atom. The summed E-state index contributed by atoms with van der Waals surface area (Å²) in [7, 11) is 0. The second kappa shape index (κ2) is 9.04. The molecule has 4 rings (SSSR count). The van der Waals surface area contributed by atoms with Gasteiger partial charge >= 0.3 is 0 Å². The number of anilines is 1. The van der Waals surface area contributed by atoms with E-state index in [1.807, 2.05) is 60.7 Å². The van der Waals surface area contributed by atoms with E-state index in [0.717, 1.165) is 34.3 Å². The predicted octanol–water partition coefficient (Wildman–Crippen LogP) is 4.92. The molecule has 0 radical (unpaired) electrons. The van der Waals surface area contributed by atoms with Gasteiger partial charge in [-0.1, -0.05) is 59.5 Å². The number of amides is 1. The molecule has 1 amide bonds. The van der Waals surface area contributed by atoms with Gasteiger partial charge in [-0.25, -0.2) is 0 Å². The summed E-state index contributed by atoms with van der Waals surface area (Å²) in [5.41, 5.74) is 1.58. The first kappa shape index (κ1) is 20.0. The minimum absolute atomic E-state index is 0.0404. The van der Waals surface area contributed by atoms with Crippen molar-refractivity contribution in [3.05, 3.63) is 69.5 Å². The summed E-state index contributed by atoms with van der Waals surface area (Å²) in [4.78, 5) is 12.9. The molecule has 0 aliphatic carbocycles. The summed E-state index contributed by atoms with van der Waals surface area (Å²) in [5.74, 6) is 0.479. The van der Waals surface area contributed by atoms with Gasteiger partial charge in [-0.3, -0.25) is 9.36 Å². The Morgan fingerprint density at radius 2 is 1.87 bits per heavy atom. The second-order valence-electron chi connectivity index (χ2n) is 5.90. The zero-order valence-corrected chi connectivity index (χ0v) is 17.8. The van der Waals surface area contributed by atoms with Crippen LogP contribution in [0.3, 0.4) is 0 Å². The molecule has 0 unspecified atom stereocenters. The average Bonchev–Trinajstić information content (AvgIpc) is 3.38. The largest absolute Gasteiger partial charge is 0.411 e. The molecular formula is C20H13N5O2S3. The van der Waals surface area contributed by atoms with Gasteiger partial charge in [0.2, 0.25) is 11.8 Å². The van der Waals surface area contributed by atoms with Crippen LogP contribution in [0.2, 0.25) is 0 Å². The maximum absolute atomic E-state index is 12.5. The number of rotatable bonds is 6. The van der Waals surface area contributed by atoms with Gasteiger partial charge in [0, 0.05) is 11.3 Å². The number of nitrogens with zero attached hydrogens (tertiary/aromatic N) is 4. The second-order valence-corrected chi connectivity index (χ2v) is 8.48. The molecule has 10 heteroatoms. The third kappa shape index (κ3) is 4.33. The third-order valence-corrected chi connectivity index (χ3v) is 6.04. The Labute approximate surface area is 185 Å². The third-order valence-electron chi connectivity index (χ3n) is 3.94. The number of nitrogens with one attached hydrogen (secondary N) is 1. The normalized spacial score (nSPS) is 10.5. The van der Waals surface area contributed by atoms with E-state index in [1.54, 1.807) is 4.57 Å². The fraction of sp³-hybridized carbons (Fsp3) is 0.0500. The van der Waals surface area contributed by atoms with Crippen LogP contribution in [-0.4, -0.2) is 26.4 Å². The first-order valence-corrected chi connectivity index (χ1v) is 10.9. The standard InChI is InChI=1S/C20H13N5O2S3/c21-11-15-17(25(20(28)30-15)14-9-5-2-6-10-14)22-16(26)12-29-19-24-23-18(27-19)13-7-3-1-4-8-13/h1-10H,12H2,(H,22,26). The van der Waals surface area contributed by atoms with Gasteiger partial charge < -0.3 is 9.73 Å². The lowest BCUT2D eigenvalue weighted by Crippen LogP contribution is -2.17. The van der Waals surface area contributed by atoms with E-state index in [9.17, 15) is 10.1 Å². The summed E-state index contributed by atoms with van der Waals surface area (Å²) in [6, 6.07) is 20.8. The topological polar surface area (TPSA) is 96.7 Å². The number of carbonyl (C=O) groups excluding carboxylic acids is 1. The highest BCUT2D eigenvalue weighted by Gasteiger charge is 2.18. The number of para-hydroxylation sites is 1. The molecule has 0 spiro atoms. The maximum atomic E-state index is 12.5. The Morgan fingerprint density at radius 3 is 2.57 bits per heavy atom. The van der Waals surface area contributed by atoms with Crippen molar-refractivity contribution in [2.45, 2.75) is 5.22 Å². The fourth-order valence-corrected chi connectivity index (χ4v) is 4.39. The molecule has 30 heavy (non-hydrogen) atoms. The molecule has 2 heterocycles. The number of benzene rings is 2. The maximum Gasteiger partial charge on any atom is 0.277 e. The van der Waals surface area contributed by atoms with Crippen LogP contribution < -0.4 is 5.32 Å². The number of hydrogen-bond donors (Lipinski definition) is 1. The highest BCUT2D eigenvalue weighted by atomic mass is 32.2. The highest BCUT2D eigenvalue weighted by Crippen LogP contribution is 2.29. The molecule has 2 aromatic carbocycles. The summed E-state index contributed by atoms with van der Waals surface area (Å²) in [5, 5.41) is 20.5. The van der Waals surface area contributed by atoms with E-state index in [4.69, 9.17) is 16.6 Å². The van der Waals surface area contributed by atoms with Crippen molar-refractivity contribution in [3.8, 4) is 23.2 Å². The smallest absolute Gasteiger partial charge is 0.277 e. The molecular weight excluding hydrogens is 438 g/mol. The van der Waals surface area contributed by atoms with E-state index in [1.165, 1.54) is 0 Å². The molecule has 2 aromatic heterocycles. The van der Waals surface area contributed by atoms with E-state index in [2.05, 4.69) is 21.6 Å². The molecule has 4 aromatic rings. The van der Waals surface area contributed by atoms with Crippen molar-refractivity contribution in [3.63, 3.8) is 0 Å². The SMILES string of the molecule is N#Cc1sc(=S)n(-c2ccccc2)c1NC(=O)CSc1nnc(-c2ccccc2)o1. The van der Waals surface area contributed by atoms with Crippen molar-refractivity contribution in [2.24, 2.45) is 0 Å². The highest BCUT2D eigenvalue weighted by molar-refractivity contribution is 7.99. The lowest BCUT2D eigenvalue weighted by atomic mass is 10.2. The Kier molecular flexibility index (Phi) is 6.04. The minimum Gasteiger partial charge on any atom is -0.411 e. The van der Waals surface area contributed by atoms with Crippen molar-refractivity contribution in [2.75, 3.05) is 11.1 Å². The number of thiazole rings is 1. The monoisotopic (exact) mass is 451 g/mol. The molecule has 0 saturated carbocycles. The van der Waals surface area contributed by atoms with Crippen LogP contribution >= 0.6 is 35.3 Å². The van der Waals surface area contributed by atoms with Crippen molar-refractivity contribution >= 4 is 47.0 Å². The van der Waals surface area contributed by atoms with Crippen LogP contribution in [0, 0.1) is 15.3 Å². The van der Waals surface area contributed by atoms with Gasteiger partial charge in [0.25, 0.3) is 5.22 Å². The zero-order valence-electron chi connectivity index (χ0n) is 15.3. The van der Waals surface area contributed by atoms with Crippen molar-refractivity contribution in [1.29, 1.82) is 5.26 Å². The Bertz CT molecular complexity index is 1270. The number of aromatic nitrogens is 3. The van der Waals surface area contributed by atoms with Gasteiger partial charge in [0.1, 0.15) is 16.8 Å². The van der Waals surface area contributed by atoms with Gasteiger partial charge in [0.05, 0.1) is 5.75 Å². The summed E-state index contributed by atoms with van der Waals surface area (Å²) < 4.78 is 7.76. The van der Waals surface area contributed by atoms with Gasteiger partial charge in [-0.2, -0.15) is 5.26 Å². The predicted molar refractivity (Wildman–Crippen MR) is 118 cm³/mol. The summed E-state index contributed by atoms with van der Waals surface area (Å²) in [6.45, 7) is 0. The van der Waals surface area contributed by atoms with Crippen molar-refractivity contribution in [1.82, 2.24) is 14.8 Å². The first-order chi connectivity index (χ1) is 14.7. The van der Waals surface area contributed by atoms with Crippen LogP contribution in [0.5, 0.6) is 0 Å². The average molecular weight is 452 g/mol. The molecule has 1 N–H and O–H groups in total. The number of thioether (sulfide) groups is 1. The van der Waals surface area contributed by atoms with Crippen molar-refractivity contribution < 1.29 is 9.21 Å². The van der Waals surface area contributed by atoms with Crippen LogP contribution in [0.4, 0.5) is 5.82 Å². The van der Waals surface area contributed by atoms with Crippen LogP contribution in [0.25, 0.3) is 17.1 Å². The fourth-order valence-electron chi connectivity index (χ4n) is 2.64. The van der Waals surface area contributed by atoms with E-state index in [-0.39, 0.29) is 16.9 Å². The number of carbonyl (C=O) groups is 1. The zero-order chi connectivity index (χ0) is 20.9. The van der Waals surface area contributed by atoms with Crippen LogP contribution in [-0.2, 0) is 4.79 Å². The molecule has 0 fully saturated rings. The van der Waals surface area contributed by atoms with Gasteiger partial charge in [-0.05, 0) is 36.5 Å². The van der Waals surface area contributed by atoms with Crippen LogP contribution in [0.1, 0.15) is 4.88 Å². The van der Waals surface area contributed by atoms with E-state index >= 15 is 0 Å². The molecule has 7 nitrogen and oxygen atoms in total. The Hall–Kier alpha value is -3.26. The molecule has 0 bridgehead atoms. The molecule has 0 aliphatic rings. The van der Waals surface area contributed by atoms with Gasteiger partial charge in [-0.15, -0.1) is 10.2 Å². The lowest BCUT2D eigenvalue weighted by molar-refractivity contribution is -0.113. The molecule has 0 saturated heterocycles. The quantitative estimate of drug-likeness (QED) is 0.328.